The maximum atomic E-state index is 9.85. The van der Waals surface area contributed by atoms with E-state index in [1.807, 2.05) is 41.1 Å². The second kappa shape index (κ2) is 6.17. The highest BCUT2D eigenvalue weighted by Gasteiger charge is 2.06. The lowest BCUT2D eigenvalue weighted by Gasteiger charge is -2.10. The highest BCUT2D eigenvalue weighted by atomic mass is 35.5. The number of halogens is 1. The fourth-order valence-corrected chi connectivity index (χ4v) is 2.37. The number of hydrogen-bond donors (Lipinski definition) is 2. The molecule has 1 unspecified atom stereocenters. The molecule has 0 spiro atoms. The lowest BCUT2D eigenvalue weighted by atomic mass is 10.2. The van der Waals surface area contributed by atoms with Gasteiger partial charge in [-0.25, -0.2) is 0 Å². The molecule has 0 bridgehead atoms. The van der Waals surface area contributed by atoms with Crippen molar-refractivity contribution < 1.29 is 5.11 Å². The van der Waals surface area contributed by atoms with Crippen LogP contribution >= 0.6 is 22.9 Å². The molecule has 1 heterocycles. The molecule has 0 radical (unpaired) electrons. The van der Waals surface area contributed by atoms with Crippen LogP contribution in [0.2, 0.25) is 5.02 Å². The molecule has 0 aliphatic carbocycles. The fourth-order valence-electron chi connectivity index (χ4n) is 1.54. The fraction of sp³-hybridized carbons (Fsp3) is 0.231. The van der Waals surface area contributed by atoms with Crippen LogP contribution in [0, 0.1) is 0 Å². The topological polar surface area (TPSA) is 32.3 Å². The highest BCUT2D eigenvalue weighted by Crippen LogP contribution is 2.15. The molecule has 2 aromatic rings. The van der Waals surface area contributed by atoms with Gasteiger partial charge in [-0.1, -0.05) is 23.7 Å². The lowest BCUT2D eigenvalue weighted by molar-refractivity contribution is 0.175. The van der Waals surface area contributed by atoms with E-state index in [9.17, 15) is 5.11 Å². The molecular weight excluding hydrogens is 254 g/mol. The van der Waals surface area contributed by atoms with E-state index < -0.39 is 6.10 Å². The summed E-state index contributed by atoms with van der Waals surface area (Å²) in [6.45, 7) is 1.29. The van der Waals surface area contributed by atoms with E-state index >= 15 is 0 Å². The molecule has 1 atom stereocenters. The molecule has 0 saturated carbocycles. The largest absolute Gasteiger partial charge is 0.387 e. The van der Waals surface area contributed by atoms with Crippen molar-refractivity contribution in [2.75, 3.05) is 6.54 Å². The van der Waals surface area contributed by atoms with Crippen LogP contribution in [-0.4, -0.2) is 11.7 Å². The van der Waals surface area contributed by atoms with Gasteiger partial charge in [-0.05, 0) is 40.1 Å². The summed E-state index contributed by atoms with van der Waals surface area (Å²) in [5.74, 6) is 0. The smallest absolute Gasteiger partial charge is 0.0922 e. The summed E-state index contributed by atoms with van der Waals surface area (Å²) in [5, 5.41) is 17.8. The SMILES string of the molecule is OC(CNCc1ccc(Cl)cc1)c1ccsc1. The average Bonchev–Trinajstić information content (AvgIpc) is 2.85. The van der Waals surface area contributed by atoms with Crippen molar-refractivity contribution in [3.8, 4) is 0 Å². The minimum Gasteiger partial charge on any atom is -0.387 e. The third-order valence-corrected chi connectivity index (χ3v) is 3.46. The van der Waals surface area contributed by atoms with E-state index in [-0.39, 0.29) is 0 Å². The lowest BCUT2D eigenvalue weighted by Crippen LogP contribution is -2.20. The molecule has 1 aromatic carbocycles. The van der Waals surface area contributed by atoms with Gasteiger partial charge in [0, 0.05) is 18.1 Å². The molecule has 0 fully saturated rings. The van der Waals surface area contributed by atoms with Crippen LogP contribution in [0.15, 0.2) is 41.1 Å². The van der Waals surface area contributed by atoms with E-state index in [1.165, 1.54) is 0 Å². The molecule has 2 rings (SSSR count). The molecule has 17 heavy (non-hydrogen) atoms. The Morgan fingerprint density at radius 1 is 1.24 bits per heavy atom. The number of hydrogen-bond acceptors (Lipinski definition) is 3. The van der Waals surface area contributed by atoms with Crippen molar-refractivity contribution in [3.63, 3.8) is 0 Å². The van der Waals surface area contributed by atoms with E-state index in [4.69, 9.17) is 11.6 Å². The van der Waals surface area contributed by atoms with Gasteiger partial charge in [0.2, 0.25) is 0 Å². The zero-order valence-electron chi connectivity index (χ0n) is 9.27. The first-order valence-corrected chi connectivity index (χ1v) is 6.73. The van der Waals surface area contributed by atoms with Gasteiger partial charge in [0.15, 0.2) is 0 Å². The quantitative estimate of drug-likeness (QED) is 0.872. The molecule has 0 aliphatic rings. The van der Waals surface area contributed by atoms with Crippen LogP contribution in [0.25, 0.3) is 0 Å². The average molecular weight is 268 g/mol. The van der Waals surface area contributed by atoms with Gasteiger partial charge in [-0.3, -0.25) is 0 Å². The molecule has 0 saturated heterocycles. The van der Waals surface area contributed by atoms with Crippen LogP contribution < -0.4 is 5.32 Å². The van der Waals surface area contributed by atoms with E-state index in [0.29, 0.717) is 6.54 Å². The summed E-state index contributed by atoms with van der Waals surface area (Å²) in [6, 6.07) is 9.64. The van der Waals surface area contributed by atoms with Gasteiger partial charge < -0.3 is 10.4 Å². The number of aliphatic hydroxyl groups excluding tert-OH is 1. The Bertz CT molecular complexity index is 441. The van der Waals surface area contributed by atoms with Crippen LogP contribution in [0.5, 0.6) is 0 Å². The maximum absolute atomic E-state index is 9.85. The Balaban J connectivity index is 1.78. The first-order valence-electron chi connectivity index (χ1n) is 5.41. The summed E-state index contributed by atoms with van der Waals surface area (Å²) >= 11 is 7.40. The third-order valence-electron chi connectivity index (χ3n) is 2.51. The van der Waals surface area contributed by atoms with Crippen molar-refractivity contribution in [1.82, 2.24) is 5.32 Å². The van der Waals surface area contributed by atoms with E-state index in [2.05, 4.69) is 5.32 Å². The first kappa shape index (κ1) is 12.6. The maximum Gasteiger partial charge on any atom is 0.0922 e. The Kier molecular flexibility index (Phi) is 4.57. The van der Waals surface area contributed by atoms with Crippen LogP contribution in [0.3, 0.4) is 0 Å². The number of aliphatic hydroxyl groups is 1. The molecular formula is C13H14ClNOS. The normalized spacial score (nSPS) is 12.6. The summed E-state index contributed by atoms with van der Waals surface area (Å²) in [4.78, 5) is 0. The standard InChI is InChI=1S/C13H14ClNOS/c14-12-3-1-10(2-4-12)7-15-8-13(16)11-5-6-17-9-11/h1-6,9,13,15-16H,7-8H2. The molecule has 2 N–H and O–H groups in total. The van der Waals surface area contributed by atoms with Gasteiger partial charge in [-0.15, -0.1) is 0 Å². The Morgan fingerprint density at radius 3 is 2.65 bits per heavy atom. The summed E-state index contributed by atoms with van der Waals surface area (Å²) in [6.07, 6.45) is -0.437. The third kappa shape index (κ3) is 3.82. The zero-order valence-corrected chi connectivity index (χ0v) is 10.8. The highest BCUT2D eigenvalue weighted by molar-refractivity contribution is 7.07. The van der Waals surface area contributed by atoms with Gasteiger partial charge in [0.25, 0.3) is 0 Å². The van der Waals surface area contributed by atoms with Gasteiger partial charge >= 0.3 is 0 Å². The molecule has 0 amide bonds. The molecule has 0 aliphatic heterocycles. The van der Waals surface area contributed by atoms with Crippen molar-refractivity contribution in [2.45, 2.75) is 12.6 Å². The second-order valence-corrected chi connectivity index (χ2v) is 5.05. The summed E-state index contributed by atoms with van der Waals surface area (Å²) in [5.41, 5.74) is 2.13. The van der Waals surface area contributed by atoms with Gasteiger partial charge in [0.05, 0.1) is 6.10 Å². The molecule has 4 heteroatoms. The zero-order chi connectivity index (χ0) is 12.1. The van der Waals surface area contributed by atoms with E-state index in [1.54, 1.807) is 11.3 Å². The summed E-state index contributed by atoms with van der Waals surface area (Å²) in [7, 11) is 0. The first-order chi connectivity index (χ1) is 8.25. The van der Waals surface area contributed by atoms with Crippen molar-refractivity contribution in [2.24, 2.45) is 0 Å². The predicted octanol–water partition coefficient (Wildman–Crippen LogP) is 3.22. The number of nitrogens with one attached hydrogen (secondary N) is 1. The van der Waals surface area contributed by atoms with Crippen molar-refractivity contribution in [3.05, 3.63) is 57.2 Å². The van der Waals surface area contributed by atoms with Crippen LogP contribution in [0.1, 0.15) is 17.2 Å². The predicted molar refractivity (Wildman–Crippen MR) is 72.4 cm³/mol. The monoisotopic (exact) mass is 267 g/mol. The minimum atomic E-state index is -0.437. The van der Waals surface area contributed by atoms with Gasteiger partial charge in [-0.2, -0.15) is 11.3 Å². The van der Waals surface area contributed by atoms with Crippen LogP contribution in [0.4, 0.5) is 0 Å². The molecule has 90 valence electrons. The Morgan fingerprint density at radius 2 is 2.00 bits per heavy atom. The number of rotatable bonds is 5. The molecule has 1 aromatic heterocycles. The van der Waals surface area contributed by atoms with Crippen molar-refractivity contribution in [1.29, 1.82) is 0 Å². The van der Waals surface area contributed by atoms with Crippen molar-refractivity contribution >= 4 is 22.9 Å². The van der Waals surface area contributed by atoms with E-state index in [0.717, 1.165) is 22.7 Å². The molecule has 2 nitrogen and oxygen atoms in total. The Hall–Kier alpha value is -0.870. The van der Waals surface area contributed by atoms with Gasteiger partial charge in [0.1, 0.15) is 0 Å². The number of benzene rings is 1. The minimum absolute atomic E-state index is 0.437. The van der Waals surface area contributed by atoms with Crippen LogP contribution in [-0.2, 0) is 6.54 Å². The second-order valence-electron chi connectivity index (χ2n) is 3.83. The number of thiophene rings is 1. The summed E-state index contributed by atoms with van der Waals surface area (Å²) < 4.78 is 0. The Labute approximate surface area is 110 Å².